The molecule has 0 spiro atoms. The highest BCUT2D eigenvalue weighted by Crippen LogP contribution is 2.16. The van der Waals surface area contributed by atoms with E-state index in [2.05, 4.69) is 16.6 Å². The first-order chi connectivity index (χ1) is 8.06. The fraction of sp³-hybridized carbons (Fsp3) is 0.200. The van der Waals surface area contributed by atoms with Gasteiger partial charge in [-0.2, -0.15) is 0 Å². The first-order valence-corrected chi connectivity index (χ1v) is 5.26. The maximum Gasteiger partial charge on any atom is 0.329 e. The number of aliphatic hydroxyl groups is 1. The molecule has 1 aromatic rings. The van der Waals surface area contributed by atoms with E-state index in [1.807, 2.05) is 0 Å². The van der Waals surface area contributed by atoms with E-state index in [9.17, 15) is 9.90 Å². The first kappa shape index (κ1) is 13.4. The summed E-state index contributed by atoms with van der Waals surface area (Å²) >= 11 is 4.76. The summed E-state index contributed by atoms with van der Waals surface area (Å²) < 4.78 is 0. The number of hydrogen-bond acceptors (Lipinski definition) is 3. The maximum atomic E-state index is 11.0. The van der Waals surface area contributed by atoms with Crippen LogP contribution < -0.4 is 16.6 Å². The molecule has 6 nitrogen and oxygen atoms in total. The van der Waals surface area contributed by atoms with Crippen LogP contribution in [0, 0.1) is 0 Å². The lowest BCUT2D eigenvalue weighted by Crippen LogP contribution is -2.70. The molecule has 7 N–H and O–H groups in total. The second-order valence-corrected chi connectivity index (χ2v) is 3.73. The van der Waals surface area contributed by atoms with Gasteiger partial charge < -0.3 is 15.5 Å². The van der Waals surface area contributed by atoms with Crippen molar-refractivity contribution in [2.75, 3.05) is 0 Å². The second-order valence-electron chi connectivity index (χ2n) is 3.32. The molecule has 0 saturated heterocycles. The topological polar surface area (TPSA) is 109 Å². The smallest absolute Gasteiger partial charge is 0.329 e. The van der Waals surface area contributed by atoms with Crippen LogP contribution in [0.25, 0.3) is 0 Å². The number of quaternary nitrogens is 1. The van der Waals surface area contributed by atoms with Crippen molar-refractivity contribution < 1.29 is 20.9 Å². The van der Waals surface area contributed by atoms with Crippen molar-refractivity contribution in [1.82, 2.24) is 10.7 Å². The SMILES string of the molecule is [NH3+]NC(=S)NC(C(=O)O)C(O)c1ccccc1. The largest absolute Gasteiger partial charge is 0.480 e. The van der Waals surface area contributed by atoms with Crippen molar-refractivity contribution in [3.63, 3.8) is 0 Å². The van der Waals surface area contributed by atoms with Gasteiger partial charge in [-0.3, -0.25) is 5.84 Å². The number of aliphatic carboxylic acids is 1. The van der Waals surface area contributed by atoms with Gasteiger partial charge in [-0.15, -0.1) is 0 Å². The zero-order valence-corrected chi connectivity index (χ0v) is 9.78. The molecular formula is C10H14N3O3S+. The number of benzene rings is 1. The third kappa shape index (κ3) is 3.66. The van der Waals surface area contributed by atoms with E-state index in [-0.39, 0.29) is 5.11 Å². The molecule has 0 aliphatic rings. The van der Waals surface area contributed by atoms with Gasteiger partial charge in [-0.1, -0.05) is 30.3 Å². The van der Waals surface area contributed by atoms with Crippen molar-refractivity contribution in [3.8, 4) is 0 Å². The molecule has 0 aliphatic carbocycles. The van der Waals surface area contributed by atoms with Crippen LogP contribution in [0.1, 0.15) is 11.7 Å². The molecule has 2 atom stereocenters. The number of carboxylic acid groups (broad SMARTS) is 1. The monoisotopic (exact) mass is 256 g/mol. The van der Waals surface area contributed by atoms with Gasteiger partial charge in [0.2, 0.25) is 5.11 Å². The minimum atomic E-state index is -1.22. The Hall–Kier alpha value is -1.70. The lowest BCUT2D eigenvalue weighted by atomic mass is 10.0. The van der Waals surface area contributed by atoms with Gasteiger partial charge in [0.1, 0.15) is 6.10 Å². The van der Waals surface area contributed by atoms with Crippen LogP contribution in [0.4, 0.5) is 0 Å². The highest BCUT2D eigenvalue weighted by atomic mass is 32.1. The summed E-state index contributed by atoms with van der Waals surface area (Å²) in [6, 6.07) is 7.28. The summed E-state index contributed by atoms with van der Waals surface area (Å²) in [7, 11) is 0. The van der Waals surface area contributed by atoms with Crippen molar-refractivity contribution >= 4 is 23.3 Å². The number of nitrogens with one attached hydrogen (secondary N) is 2. The van der Waals surface area contributed by atoms with Gasteiger partial charge in [0.15, 0.2) is 6.04 Å². The third-order valence-corrected chi connectivity index (χ3v) is 2.43. The van der Waals surface area contributed by atoms with Gasteiger partial charge in [0, 0.05) is 0 Å². The molecule has 1 aromatic carbocycles. The fourth-order valence-electron chi connectivity index (χ4n) is 1.31. The molecule has 0 bridgehead atoms. The Balaban J connectivity index is 2.84. The van der Waals surface area contributed by atoms with Gasteiger partial charge in [-0.05, 0) is 17.8 Å². The predicted molar refractivity (Wildman–Crippen MR) is 64.6 cm³/mol. The van der Waals surface area contributed by atoms with Crippen LogP contribution in [0.3, 0.4) is 0 Å². The quantitative estimate of drug-likeness (QED) is 0.342. The normalized spacial score (nSPS) is 13.5. The minimum Gasteiger partial charge on any atom is -0.480 e. The summed E-state index contributed by atoms with van der Waals surface area (Å²) in [5.74, 6) is 2.11. The fourth-order valence-corrected chi connectivity index (χ4v) is 1.44. The van der Waals surface area contributed by atoms with Crippen LogP contribution in [0.5, 0.6) is 0 Å². The lowest BCUT2D eigenvalue weighted by Gasteiger charge is -2.21. The maximum absolute atomic E-state index is 11.0. The Morgan fingerprint density at radius 3 is 2.41 bits per heavy atom. The van der Waals surface area contributed by atoms with Crippen LogP contribution in [0.2, 0.25) is 0 Å². The predicted octanol–water partition coefficient (Wildman–Crippen LogP) is -1.21. The van der Waals surface area contributed by atoms with Crippen LogP contribution >= 0.6 is 12.2 Å². The Kier molecular flexibility index (Phi) is 4.83. The van der Waals surface area contributed by atoms with Crippen LogP contribution in [-0.4, -0.2) is 27.3 Å². The number of thiocarbonyl (C=S) groups is 1. The van der Waals surface area contributed by atoms with E-state index < -0.39 is 18.1 Å². The number of aliphatic hydroxyl groups excluding tert-OH is 1. The number of rotatable bonds is 4. The van der Waals surface area contributed by atoms with E-state index in [0.29, 0.717) is 5.56 Å². The first-order valence-electron chi connectivity index (χ1n) is 4.85. The highest BCUT2D eigenvalue weighted by molar-refractivity contribution is 7.80. The Bertz CT molecular complexity index is 399. The molecule has 0 aromatic heterocycles. The third-order valence-electron chi connectivity index (χ3n) is 2.17. The Morgan fingerprint density at radius 2 is 1.94 bits per heavy atom. The van der Waals surface area contributed by atoms with E-state index in [4.69, 9.17) is 17.3 Å². The van der Waals surface area contributed by atoms with Gasteiger partial charge in [0.25, 0.3) is 0 Å². The summed E-state index contributed by atoms with van der Waals surface area (Å²) in [4.78, 5) is 11.0. The summed E-state index contributed by atoms with van der Waals surface area (Å²) in [5.41, 5.74) is 2.85. The molecule has 92 valence electrons. The van der Waals surface area contributed by atoms with Crippen molar-refractivity contribution in [2.45, 2.75) is 12.1 Å². The molecule has 0 radical (unpaired) electrons. The highest BCUT2D eigenvalue weighted by Gasteiger charge is 2.28. The molecule has 0 amide bonds. The molecular weight excluding hydrogens is 242 g/mol. The van der Waals surface area contributed by atoms with Crippen molar-refractivity contribution in [2.24, 2.45) is 0 Å². The van der Waals surface area contributed by atoms with Gasteiger partial charge in [-0.25, -0.2) is 10.2 Å². The minimum absolute atomic E-state index is 0.0624. The van der Waals surface area contributed by atoms with E-state index in [1.54, 1.807) is 30.3 Å². The average molecular weight is 256 g/mol. The van der Waals surface area contributed by atoms with Gasteiger partial charge >= 0.3 is 5.97 Å². The summed E-state index contributed by atoms with van der Waals surface area (Å²) in [6.45, 7) is 0. The number of carboxylic acids is 1. The van der Waals surface area contributed by atoms with Gasteiger partial charge in [0.05, 0.1) is 0 Å². The van der Waals surface area contributed by atoms with E-state index in [0.717, 1.165) is 0 Å². The molecule has 0 aliphatic heterocycles. The Morgan fingerprint density at radius 1 is 1.35 bits per heavy atom. The van der Waals surface area contributed by atoms with Crippen molar-refractivity contribution in [1.29, 1.82) is 0 Å². The standard InChI is InChI=1S/C10H13N3O3S/c11-13-10(17)12-7(9(15)16)8(14)6-4-2-1-3-5-6/h1-5,7-8,14H,11H2,(H,15,16)(H2,12,13,17)/p+1. The number of hydrogen-bond donors (Lipinski definition) is 5. The molecule has 0 heterocycles. The average Bonchev–Trinajstić information content (AvgIpc) is 2.35. The van der Waals surface area contributed by atoms with E-state index in [1.165, 1.54) is 0 Å². The molecule has 17 heavy (non-hydrogen) atoms. The molecule has 2 unspecified atom stereocenters. The van der Waals surface area contributed by atoms with E-state index >= 15 is 0 Å². The summed E-state index contributed by atoms with van der Waals surface area (Å²) in [6.07, 6.45) is -1.19. The zero-order valence-electron chi connectivity index (χ0n) is 8.96. The van der Waals surface area contributed by atoms with Crippen LogP contribution in [0.15, 0.2) is 30.3 Å². The second kappa shape index (κ2) is 6.14. The zero-order chi connectivity index (χ0) is 12.8. The molecule has 1 rings (SSSR count). The van der Waals surface area contributed by atoms with Crippen molar-refractivity contribution in [3.05, 3.63) is 35.9 Å². The summed E-state index contributed by atoms with van der Waals surface area (Å²) in [5, 5.41) is 21.5. The Labute approximate surface area is 103 Å². The molecule has 7 heteroatoms. The molecule has 0 saturated carbocycles. The number of carbonyl (C=O) groups is 1. The lowest BCUT2D eigenvalue weighted by molar-refractivity contribution is -0.419. The van der Waals surface area contributed by atoms with Crippen LogP contribution in [-0.2, 0) is 4.79 Å². The molecule has 0 fully saturated rings.